The van der Waals surface area contributed by atoms with Gasteiger partial charge in [-0.15, -0.1) is 0 Å². The fourth-order valence-electron chi connectivity index (χ4n) is 1.59. The van der Waals surface area contributed by atoms with Crippen LogP contribution in [0.5, 0.6) is 0 Å². The van der Waals surface area contributed by atoms with E-state index in [1.54, 1.807) is 5.92 Å². The molecule has 0 aliphatic heterocycles. The Balaban J connectivity index is 2.13. The minimum Gasteiger partial charge on any atom is -0.0880 e. The Kier molecular flexibility index (Phi) is 4.33. The van der Waals surface area contributed by atoms with Crippen LogP contribution in [0.4, 0.5) is 0 Å². The average Bonchev–Trinajstić information content (AvgIpc) is 2.07. The zero-order valence-corrected chi connectivity index (χ0v) is 7.60. The van der Waals surface area contributed by atoms with Crippen molar-refractivity contribution in [3.05, 3.63) is 18.1 Å². The second kappa shape index (κ2) is 5.40. The highest BCUT2D eigenvalue weighted by Crippen LogP contribution is 2.26. The van der Waals surface area contributed by atoms with Gasteiger partial charge in [-0.2, -0.15) is 0 Å². The molecule has 1 saturated carbocycles. The van der Waals surface area contributed by atoms with Crippen LogP contribution >= 0.6 is 0 Å². The van der Waals surface area contributed by atoms with E-state index >= 15 is 0 Å². The van der Waals surface area contributed by atoms with E-state index in [0.29, 0.717) is 0 Å². The van der Waals surface area contributed by atoms with E-state index in [1.165, 1.54) is 44.9 Å². The van der Waals surface area contributed by atoms with Crippen LogP contribution in [0.2, 0.25) is 0 Å². The van der Waals surface area contributed by atoms with Crippen LogP contribution in [0, 0.1) is 5.92 Å². The molecule has 1 aliphatic rings. The molecule has 1 rings (SSSR count). The van der Waals surface area contributed by atoms with Crippen molar-refractivity contribution in [1.29, 1.82) is 0 Å². The van der Waals surface area contributed by atoms with Crippen LogP contribution in [0.1, 0.15) is 51.9 Å². The van der Waals surface area contributed by atoms with E-state index < -0.39 is 0 Å². The van der Waals surface area contributed by atoms with Gasteiger partial charge in [-0.25, -0.2) is 0 Å². The summed E-state index contributed by atoms with van der Waals surface area (Å²) < 4.78 is 0. The predicted octanol–water partition coefficient (Wildman–Crippen LogP) is 3.88. The van der Waals surface area contributed by atoms with Crippen molar-refractivity contribution >= 4 is 0 Å². The third kappa shape index (κ3) is 3.60. The maximum Gasteiger partial charge on any atom is -0.00273 e. The maximum atomic E-state index is 2.36. The van der Waals surface area contributed by atoms with Crippen molar-refractivity contribution in [3.8, 4) is 0 Å². The normalized spacial score (nSPS) is 21.2. The molecule has 0 aromatic carbocycles. The van der Waals surface area contributed by atoms with Crippen molar-refractivity contribution in [2.45, 2.75) is 51.9 Å². The summed E-state index contributed by atoms with van der Waals surface area (Å²) in [7, 11) is 0. The summed E-state index contributed by atoms with van der Waals surface area (Å²) in [5.74, 6) is 1.68. The molecule has 0 heterocycles. The molecule has 1 aliphatic carbocycles. The van der Waals surface area contributed by atoms with Crippen molar-refractivity contribution in [3.63, 3.8) is 0 Å². The van der Waals surface area contributed by atoms with Gasteiger partial charge < -0.3 is 0 Å². The maximum absolute atomic E-state index is 2.36. The van der Waals surface area contributed by atoms with Gasteiger partial charge >= 0.3 is 0 Å². The van der Waals surface area contributed by atoms with E-state index in [1.807, 2.05) is 0 Å². The molecule has 0 nitrogen and oxygen atoms in total. The van der Waals surface area contributed by atoms with Gasteiger partial charge in [-0.1, -0.05) is 44.8 Å². The first kappa shape index (κ1) is 8.83. The quantitative estimate of drug-likeness (QED) is 0.574. The largest absolute Gasteiger partial charge is 0.0880 e. The molecule has 0 atom stereocenters. The predicted molar refractivity (Wildman–Crippen MR) is 50.4 cm³/mol. The first-order valence-electron chi connectivity index (χ1n) is 4.94. The summed E-state index contributed by atoms with van der Waals surface area (Å²) in [6.45, 7) is 2.23. The van der Waals surface area contributed by atoms with Crippen LogP contribution in [-0.2, 0) is 0 Å². The van der Waals surface area contributed by atoms with E-state index in [9.17, 15) is 0 Å². The summed E-state index contributed by atoms with van der Waals surface area (Å²) in [5, 5.41) is 0. The second-order valence-corrected chi connectivity index (χ2v) is 3.41. The van der Waals surface area contributed by atoms with Crippen molar-refractivity contribution in [1.82, 2.24) is 0 Å². The highest BCUT2D eigenvalue weighted by atomic mass is 14.1. The van der Waals surface area contributed by atoms with Gasteiger partial charge in [0.25, 0.3) is 0 Å². The molecule has 0 heteroatoms. The minimum absolute atomic E-state index is 1.25. The molecule has 1 fully saturated rings. The summed E-state index contributed by atoms with van der Waals surface area (Å²) in [6.07, 6.45) is 14.2. The zero-order chi connectivity index (χ0) is 7.94. The standard InChI is InChI=1S/C11H19/c1-2-3-5-8-11-9-6-4-7-10-11/h5,8H,2-4,6-7,9-10H2,1H3/b8-5+. The molecule has 0 spiro atoms. The van der Waals surface area contributed by atoms with Gasteiger partial charge in [0.1, 0.15) is 0 Å². The molecule has 1 radical (unpaired) electrons. The summed E-state index contributed by atoms with van der Waals surface area (Å²) in [4.78, 5) is 0. The topological polar surface area (TPSA) is 0 Å². The molecule has 0 amide bonds. The van der Waals surface area contributed by atoms with Crippen LogP contribution in [0.3, 0.4) is 0 Å². The Hall–Kier alpha value is -0.260. The molecule has 0 aromatic heterocycles. The third-order valence-corrected chi connectivity index (χ3v) is 2.30. The SMILES string of the molecule is CCC/C=C/[C]1CCCCC1. The van der Waals surface area contributed by atoms with Crippen LogP contribution in [0.15, 0.2) is 12.2 Å². The molecular weight excluding hydrogens is 132 g/mol. The Morgan fingerprint density at radius 3 is 2.55 bits per heavy atom. The number of unbranched alkanes of at least 4 members (excludes halogenated alkanes) is 1. The van der Waals surface area contributed by atoms with Crippen LogP contribution in [-0.4, -0.2) is 0 Å². The number of hydrogen-bond acceptors (Lipinski definition) is 0. The van der Waals surface area contributed by atoms with Crippen molar-refractivity contribution in [2.24, 2.45) is 0 Å². The van der Waals surface area contributed by atoms with Gasteiger partial charge in [0.15, 0.2) is 0 Å². The zero-order valence-electron chi connectivity index (χ0n) is 7.60. The molecule has 63 valence electrons. The summed E-state index contributed by atoms with van der Waals surface area (Å²) in [6, 6.07) is 0. The second-order valence-electron chi connectivity index (χ2n) is 3.41. The number of allylic oxidation sites excluding steroid dienone is 2. The highest BCUT2D eigenvalue weighted by Gasteiger charge is 2.09. The Morgan fingerprint density at radius 2 is 1.91 bits per heavy atom. The van der Waals surface area contributed by atoms with Crippen molar-refractivity contribution < 1.29 is 0 Å². The van der Waals surface area contributed by atoms with E-state index in [4.69, 9.17) is 0 Å². The third-order valence-electron chi connectivity index (χ3n) is 2.30. The Bertz CT molecular complexity index is 107. The van der Waals surface area contributed by atoms with E-state index in [0.717, 1.165) is 0 Å². The molecule has 0 N–H and O–H groups in total. The lowest BCUT2D eigenvalue weighted by Crippen LogP contribution is -1.99. The molecule has 0 unspecified atom stereocenters. The fraction of sp³-hybridized carbons (Fsp3) is 0.727. The molecule has 0 saturated heterocycles. The first-order valence-corrected chi connectivity index (χ1v) is 4.94. The molecular formula is C11H19. The lowest BCUT2D eigenvalue weighted by molar-refractivity contribution is 0.556. The molecule has 11 heavy (non-hydrogen) atoms. The van der Waals surface area contributed by atoms with Gasteiger partial charge in [-0.3, -0.25) is 0 Å². The molecule has 0 bridgehead atoms. The van der Waals surface area contributed by atoms with Crippen LogP contribution < -0.4 is 0 Å². The van der Waals surface area contributed by atoms with Gasteiger partial charge in [0.2, 0.25) is 0 Å². The average molecular weight is 151 g/mol. The lowest BCUT2D eigenvalue weighted by atomic mass is 9.89. The van der Waals surface area contributed by atoms with Gasteiger partial charge in [0, 0.05) is 0 Å². The van der Waals surface area contributed by atoms with E-state index in [-0.39, 0.29) is 0 Å². The van der Waals surface area contributed by atoms with Gasteiger partial charge in [-0.05, 0) is 25.2 Å². The Labute approximate surface area is 70.7 Å². The lowest BCUT2D eigenvalue weighted by Gasteiger charge is -2.16. The number of hydrogen-bond donors (Lipinski definition) is 0. The minimum atomic E-state index is 1.25. The van der Waals surface area contributed by atoms with Crippen molar-refractivity contribution in [2.75, 3.05) is 0 Å². The summed E-state index contributed by atoms with van der Waals surface area (Å²) >= 11 is 0. The fourth-order valence-corrected chi connectivity index (χ4v) is 1.59. The van der Waals surface area contributed by atoms with Gasteiger partial charge in [0.05, 0.1) is 0 Å². The molecule has 0 aromatic rings. The monoisotopic (exact) mass is 151 g/mol. The Morgan fingerprint density at radius 1 is 1.18 bits per heavy atom. The number of rotatable bonds is 3. The smallest absolute Gasteiger partial charge is 0.00273 e. The summed E-state index contributed by atoms with van der Waals surface area (Å²) in [5.41, 5.74) is 0. The van der Waals surface area contributed by atoms with Crippen LogP contribution in [0.25, 0.3) is 0 Å². The first-order chi connectivity index (χ1) is 5.43. The highest BCUT2D eigenvalue weighted by molar-refractivity contribution is 5.10. The van der Waals surface area contributed by atoms with E-state index in [2.05, 4.69) is 19.1 Å².